The molecule has 7 nitrogen and oxygen atoms in total. The minimum Gasteiger partial charge on any atom is -0.493 e. The van der Waals surface area contributed by atoms with E-state index in [-0.39, 0.29) is 17.9 Å². The van der Waals surface area contributed by atoms with Gasteiger partial charge < -0.3 is 15.9 Å². The zero-order chi connectivity index (χ0) is 13.0. The van der Waals surface area contributed by atoms with Crippen molar-refractivity contribution in [3.63, 3.8) is 0 Å². The van der Waals surface area contributed by atoms with E-state index in [1.807, 2.05) is 0 Å². The van der Waals surface area contributed by atoms with Gasteiger partial charge in [-0.3, -0.25) is 14.6 Å². The molecule has 0 aliphatic rings. The lowest BCUT2D eigenvalue weighted by molar-refractivity contribution is -0.141. The Balaban J connectivity index is 2.64. The molecular weight excluding hydrogens is 226 g/mol. The van der Waals surface area contributed by atoms with Crippen molar-refractivity contribution in [2.45, 2.75) is 26.2 Å². The number of rotatable bonds is 5. The zero-order valence-corrected chi connectivity index (χ0v) is 9.43. The molecule has 0 radical (unpaired) electrons. The molecule has 1 aromatic heterocycles. The summed E-state index contributed by atoms with van der Waals surface area (Å²) in [7, 11) is 0. The number of carboxylic acids is 1. The first-order valence-electron chi connectivity index (χ1n) is 5.22. The first kappa shape index (κ1) is 13.0. The average molecular weight is 241 g/mol. The summed E-state index contributed by atoms with van der Waals surface area (Å²) in [6.45, 7) is 1.59. The van der Waals surface area contributed by atoms with Gasteiger partial charge in [0, 0.05) is 0 Å². The highest BCUT2D eigenvalue weighted by Gasteiger charge is 2.13. The fourth-order valence-corrected chi connectivity index (χ4v) is 1.44. The molecule has 0 bridgehead atoms. The fourth-order valence-electron chi connectivity index (χ4n) is 1.44. The molecule has 0 aliphatic heterocycles. The monoisotopic (exact) mass is 241 g/mol. The molecule has 1 unspecified atom stereocenters. The molecule has 0 saturated carbocycles. The molecule has 1 heterocycles. The number of carbonyl (C=O) groups is 1. The number of aliphatic carboxylic acids is 1. The van der Waals surface area contributed by atoms with Crippen LogP contribution in [0, 0.1) is 5.92 Å². The van der Waals surface area contributed by atoms with Crippen LogP contribution in [0.4, 0.5) is 5.95 Å². The van der Waals surface area contributed by atoms with Gasteiger partial charge in [0.15, 0.2) is 0 Å². The molecule has 7 heteroatoms. The molecule has 17 heavy (non-hydrogen) atoms. The Labute approximate surface area is 97.3 Å². The van der Waals surface area contributed by atoms with E-state index < -0.39 is 23.3 Å². The predicted octanol–water partition coefficient (Wildman–Crippen LogP) is 0.101. The first-order chi connectivity index (χ1) is 7.91. The van der Waals surface area contributed by atoms with E-state index in [0.717, 1.165) is 0 Å². The topological polar surface area (TPSA) is 129 Å². The SMILES string of the molecule is CC(CCCc1c(O)nc(N)[nH]c1=O)C(=O)O. The van der Waals surface area contributed by atoms with Crippen LogP contribution in [0.15, 0.2) is 4.79 Å². The lowest BCUT2D eigenvalue weighted by Crippen LogP contribution is -2.17. The number of hydrogen-bond donors (Lipinski definition) is 4. The van der Waals surface area contributed by atoms with Crippen LogP contribution in [0.5, 0.6) is 5.88 Å². The quantitative estimate of drug-likeness (QED) is 0.578. The number of H-pyrrole nitrogens is 1. The molecule has 1 aromatic rings. The van der Waals surface area contributed by atoms with Crippen molar-refractivity contribution in [2.75, 3.05) is 5.73 Å². The molecule has 0 saturated heterocycles. The minimum absolute atomic E-state index is 0.136. The zero-order valence-electron chi connectivity index (χ0n) is 9.43. The van der Waals surface area contributed by atoms with Crippen LogP contribution in [-0.4, -0.2) is 26.2 Å². The molecule has 5 N–H and O–H groups in total. The second kappa shape index (κ2) is 5.33. The van der Waals surface area contributed by atoms with E-state index >= 15 is 0 Å². The molecular formula is C10H15N3O4. The summed E-state index contributed by atoms with van der Waals surface area (Å²) in [6, 6.07) is 0. The molecule has 0 fully saturated rings. The Kier molecular flexibility index (Phi) is 4.08. The van der Waals surface area contributed by atoms with Gasteiger partial charge in [-0.1, -0.05) is 6.92 Å². The molecule has 0 aliphatic carbocycles. The van der Waals surface area contributed by atoms with E-state index in [1.54, 1.807) is 6.92 Å². The highest BCUT2D eigenvalue weighted by atomic mass is 16.4. The van der Waals surface area contributed by atoms with Crippen LogP contribution in [-0.2, 0) is 11.2 Å². The number of aromatic hydroxyl groups is 1. The van der Waals surface area contributed by atoms with Crippen LogP contribution in [0.1, 0.15) is 25.3 Å². The Morgan fingerprint density at radius 2 is 2.24 bits per heavy atom. The number of nitrogens with zero attached hydrogens (tertiary/aromatic N) is 1. The number of carboxylic acid groups (broad SMARTS) is 1. The number of hydrogen-bond acceptors (Lipinski definition) is 5. The van der Waals surface area contributed by atoms with Gasteiger partial charge in [0.2, 0.25) is 11.8 Å². The summed E-state index contributed by atoms with van der Waals surface area (Å²) in [4.78, 5) is 27.8. The van der Waals surface area contributed by atoms with E-state index in [1.165, 1.54) is 0 Å². The molecule has 1 atom stereocenters. The van der Waals surface area contributed by atoms with Crippen LogP contribution in [0.25, 0.3) is 0 Å². The Bertz CT molecular complexity index is 469. The summed E-state index contributed by atoms with van der Waals surface area (Å²) in [6.07, 6.45) is 1.18. The normalized spacial score (nSPS) is 12.3. The number of nitrogens with one attached hydrogen (secondary N) is 1. The van der Waals surface area contributed by atoms with Gasteiger partial charge in [-0.05, 0) is 19.3 Å². The first-order valence-corrected chi connectivity index (χ1v) is 5.22. The summed E-state index contributed by atoms with van der Waals surface area (Å²) in [5.41, 5.74) is 4.89. The standard InChI is InChI=1S/C10H15N3O4/c1-5(9(16)17)3-2-4-6-7(14)12-10(11)13-8(6)15/h5H,2-4H2,1H3,(H,16,17)(H4,11,12,13,14,15). The number of anilines is 1. The molecule has 1 rings (SSSR count). The van der Waals surface area contributed by atoms with Crippen molar-refractivity contribution in [3.8, 4) is 5.88 Å². The summed E-state index contributed by atoms with van der Waals surface area (Å²) < 4.78 is 0. The van der Waals surface area contributed by atoms with Crippen LogP contribution in [0.3, 0.4) is 0 Å². The number of nitrogens with two attached hydrogens (primary N) is 1. The van der Waals surface area contributed by atoms with Gasteiger partial charge in [0.05, 0.1) is 11.5 Å². The largest absolute Gasteiger partial charge is 0.493 e. The maximum atomic E-state index is 11.4. The van der Waals surface area contributed by atoms with Crippen molar-refractivity contribution < 1.29 is 15.0 Å². The van der Waals surface area contributed by atoms with Crippen molar-refractivity contribution in [3.05, 3.63) is 15.9 Å². The third kappa shape index (κ3) is 3.47. The fraction of sp³-hybridized carbons (Fsp3) is 0.500. The van der Waals surface area contributed by atoms with Crippen molar-refractivity contribution in [1.82, 2.24) is 9.97 Å². The van der Waals surface area contributed by atoms with Gasteiger partial charge in [0.25, 0.3) is 5.56 Å². The second-order valence-electron chi connectivity index (χ2n) is 3.88. The van der Waals surface area contributed by atoms with Crippen LogP contribution in [0.2, 0.25) is 0 Å². The third-order valence-electron chi connectivity index (χ3n) is 2.50. The van der Waals surface area contributed by atoms with Crippen molar-refractivity contribution in [2.24, 2.45) is 5.92 Å². The van der Waals surface area contributed by atoms with E-state index in [2.05, 4.69) is 9.97 Å². The van der Waals surface area contributed by atoms with Crippen LogP contribution >= 0.6 is 0 Å². The summed E-state index contributed by atoms with van der Waals surface area (Å²) in [5, 5.41) is 18.1. The van der Waals surface area contributed by atoms with Gasteiger partial charge in [-0.25, -0.2) is 0 Å². The predicted molar refractivity (Wildman–Crippen MR) is 60.7 cm³/mol. The molecule has 94 valence electrons. The highest BCUT2D eigenvalue weighted by Crippen LogP contribution is 2.14. The Hall–Kier alpha value is -2.05. The maximum absolute atomic E-state index is 11.4. The lowest BCUT2D eigenvalue weighted by atomic mass is 10.0. The third-order valence-corrected chi connectivity index (χ3v) is 2.50. The molecule has 0 spiro atoms. The van der Waals surface area contributed by atoms with Gasteiger partial charge in [0.1, 0.15) is 0 Å². The average Bonchev–Trinajstić information content (AvgIpc) is 2.21. The van der Waals surface area contributed by atoms with Gasteiger partial charge >= 0.3 is 5.97 Å². The summed E-state index contributed by atoms with van der Waals surface area (Å²) >= 11 is 0. The van der Waals surface area contributed by atoms with Crippen molar-refractivity contribution in [1.29, 1.82) is 0 Å². The maximum Gasteiger partial charge on any atom is 0.306 e. The number of nitrogen functional groups attached to an aromatic ring is 1. The number of aromatic nitrogens is 2. The van der Waals surface area contributed by atoms with Crippen molar-refractivity contribution >= 4 is 11.9 Å². The second-order valence-corrected chi connectivity index (χ2v) is 3.88. The summed E-state index contributed by atoms with van der Waals surface area (Å²) in [5.74, 6) is -1.89. The van der Waals surface area contributed by atoms with Gasteiger partial charge in [-0.2, -0.15) is 4.98 Å². The van der Waals surface area contributed by atoms with Gasteiger partial charge in [-0.15, -0.1) is 0 Å². The van der Waals surface area contributed by atoms with E-state index in [4.69, 9.17) is 10.8 Å². The minimum atomic E-state index is -0.876. The van der Waals surface area contributed by atoms with E-state index in [0.29, 0.717) is 12.8 Å². The van der Waals surface area contributed by atoms with Crippen LogP contribution < -0.4 is 11.3 Å². The number of aromatic amines is 1. The van der Waals surface area contributed by atoms with E-state index in [9.17, 15) is 14.7 Å². The lowest BCUT2D eigenvalue weighted by Gasteiger charge is -2.06. The Morgan fingerprint density at radius 1 is 1.59 bits per heavy atom. The Morgan fingerprint density at radius 3 is 2.76 bits per heavy atom. The highest BCUT2D eigenvalue weighted by molar-refractivity contribution is 5.69. The molecule has 0 amide bonds. The smallest absolute Gasteiger partial charge is 0.306 e. The molecule has 0 aromatic carbocycles.